The third kappa shape index (κ3) is 30.4. The summed E-state index contributed by atoms with van der Waals surface area (Å²) in [7, 11) is 7.48. The monoisotopic (exact) mass is 1240 g/mol. The third-order valence-corrected chi connectivity index (χ3v) is 15.6. The molecule has 1 aromatic carbocycles. The summed E-state index contributed by atoms with van der Waals surface area (Å²) in [5, 5.41) is 52.4. The second-order valence-electron chi connectivity index (χ2n) is 20.2. The Morgan fingerprint density at radius 2 is 1.05 bits per heavy atom. The maximum atomic E-state index is 12.6. The highest BCUT2D eigenvalue weighted by atomic mass is 32.2. The van der Waals surface area contributed by atoms with Crippen molar-refractivity contribution in [2.45, 2.75) is 74.1 Å². The zero-order chi connectivity index (χ0) is 64.6. The van der Waals surface area contributed by atoms with Crippen molar-refractivity contribution in [3.63, 3.8) is 0 Å². The molecule has 6 N–H and O–H groups in total. The number of hydrogen-bond acceptors (Lipinski definition) is 24. The van der Waals surface area contributed by atoms with Crippen LogP contribution in [0, 0.1) is 10.1 Å². The largest absolute Gasteiger partial charge is 0.480 e. The van der Waals surface area contributed by atoms with E-state index in [0.717, 1.165) is 18.7 Å². The van der Waals surface area contributed by atoms with E-state index in [-0.39, 0.29) is 48.9 Å². The lowest BCUT2D eigenvalue weighted by atomic mass is 9.86. The van der Waals surface area contributed by atoms with Crippen LogP contribution in [0.3, 0.4) is 0 Å². The van der Waals surface area contributed by atoms with Crippen LogP contribution in [0.5, 0.6) is 0 Å². The predicted octanol–water partition coefficient (Wildman–Crippen LogP) is 0.125. The van der Waals surface area contributed by atoms with Crippen LogP contribution >= 0.6 is 0 Å². The highest BCUT2D eigenvalue weighted by Crippen LogP contribution is 2.32. The Balaban J connectivity index is 0.000000585. The van der Waals surface area contributed by atoms with Crippen LogP contribution in [0.2, 0.25) is 13.6 Å². The van der Waals surface area contributed by atoms with E-state index in [0.29, 0.717) is 142 Å². The second-order valence-corrected chi connectivity index (χ2v) is 22.0. The number of benzene rings is 1. The fourth-order valence-corrected chi connectivity index (χ4v) is 10.2. The zero-order valence-electron chi connectivity index (χ0n) is 51.1. The number of rotatable bonds is 37. The number of hydrogen-bond donors (Lipinski definition) is 5. The van der Waals surface area contributed by atoms with Gasteiger partial charge in [0.05, 0.1) is 114 Å². The maximum absolute atomic E-state index is 12.6. The van der Waals surface area contributed by atoms with E-state index in [1.54, 1.807) is 47.2 Å². The number of nitro benzene ring substituents is 1. The molecule has 486 valence electrons. The van der Waals surface area contributed by atoms with Crippen LogP contribution in [0.25, 0.3) is 31.3 Å². The SMILES string of the molecule is CB(O)N(C)CCOCCOCCN.CB(O)N(C)CCOCCOCCN(C)C(=O)[C@@H]1C[C@H](N=[N+]=[N-])CN1C.CNCCOCCOCCN(C)C(=O)[C@@H]1C[C@H](N=[N+]=[N-])CN1C.[N-]=[N+]=N[C@H]1C[C@@H](C(=O)O)N(S(=O)(=O)c2ccccc2[N+](=O)[O-])C1. The molecule has 4 rings (SSSR count). The molecule has 2 amide bonds. The zero-order valence-corrected chi connectivity index (χ0v) is 52.0. The van der Waals surface area contributed by atoms with Crippen molar-refractivity contribution in [2.24, 2.45) is 21.1 Å². The minimum Gasteiger partial charge on any atom is -0.480 e. The lowest BCUT2D eigenvalue weighted by Gasteiger charge is -2.25. The van der Waals surface area contributed by atoms with Gasteiger partial charge in [-0.15, -0.1) is 0 Å². The van der Waals surface area contributed by atoms with Gasteiger partial charge in [-0.05, 0) is 90.8 Å². The number of ether oxygens (including phenoxy) is 6. The lowest BCUT2D eigenvalue weighted by Crippen LogP contribution is -2.43. The normalized spacial score (nSPS) is 19.3. The molecule has 3 aliphatic rings. The Kier molecular flexibility index (Phi) is 40.9. The highest BCUT2D eigenvalue weighted by molar-refractivity contribution is 7.89. The van der Waals surface area contributed by atoms with Gasteiger partial charge >= 0.3 is 20.1 Å². The summed E-state index contributed by atoms with van der Waals surface area (Å²) in [4.78, 5) is 64.7. The van der Waals surface area contributed by atoms with Crippen LogP contribution in [-0.4, -0.2) is 318 Å². The molecular weight excluding hydrogens is 1150 g/mol. The van der Waals surface area contributed by atoms with Gasteiger partial charge in [0.15, 0.2) is 4.90 Å². The first-order chi connectivity index (χ1) is 40.9. The Morgan fingerprint density at radius 3 is 1.42 bits per heavy atom. The van der Waals surface area contributed by atoms with E-state index in [9.17, 15) is 43.0 Å². The molecule has 38 heteroatoms. The van der Waals surface area contributed by atoms with Gasteiger partial charge < -0.3 is 74.0 Å². The first kappa shape index (κ1) is 78.5. The van der Waals surface area contributed by atoms with Crippen molar-refractivity contribution in [1.29, 1.82) is 0 Å². The summed E-state index contributed by atoms with van der Waals surface area (Å²) in [6, 6.07) is 1.62. The van der Waals surface area contributed by atoms with Crippen molar-refractivity contribution >= 4 is 47.6 Å². The number of amides is 2. The Bertz CT molecular complexity index is 2400. The average Bonchev–Trinajstić information content (AvgIpc) is 1.67. The highest BCUT2D eigenvalue weighted by Gasteiger charge is 2.46. The number of nitrogens with two attached hydrogens (primary N) is 1. The molecule has 3 heterocycles. The van der Waals surface area contributed by atoms with Crippen molar-refractivity contribution in [2.75, 3.05) is 188 Å². The van der Waals surface area contributed by atoms with Gasteiger partial charge in [-0.3, -0.25) is 34.3 Å². The molecule has 0 aromatic heterocycles. The van der Waals surface area contributed by atoms with E-state index in [4.69, 9.17) is 55.8 Å². The fraction of sp³-hybridized carbons (Fsp3) is 0.812. The molecule has 1 aromatic rings. The summed E-state index contributed by atoms with van der Waals surface area (Å²) in [6.45, 7) is 14.6. The van der Waals surface area contributed by atoms with Crippen LogP contribution in [0.15, 0.2) is 44.5 Å². The summed E-state index contributed by atoms with van der Waals surface area (Å²) in [5.74, 6) is -1.36. The van der Waals surface area contributed by atoms with E-state index in [1.807, 2.05) is 45.0 Å². The Hall–Kier alpha value is -5.56. The van der Waals surface area contributed by atoms with Gasteiger partial charge in [0.1, 0.15) is 6.04 Å². The number of aliphatic carboxylic acids is 1. The molecule has 3 fully saturated rings. The van der Waals surface area contributed by atoms with Crippen molar-refractivity contribution < 1.29 is 71.3 Å². The molecule has 3 aliphatic heterocycles. The molecule has 0 aliphatic carbocycles. The van der Waals surface area contributed by atoms with Gasteiger partial charge in [0, 0.05) is 93.8 Å². The maximum Gasteiger partial charge on any atom is 0.376 e. The molecule has 0 radical (unpaired) electrons. The van der Waals surface area contributed by atoms with Crippen molar-refractivity contribution in [1.82, 2.24) is 38.8 Å². The molecule has 6 atom stereocenters. The van der Waals surface area contributed by atoms with Gasteiger partial charge in [0.25, 0.3) is 15.7 Å². The molecule has 0 saturated carbocycles. The number of likely N-dealkylation sites (N-methyl/N-ethyl adjacent to an activating group) is 7. The predicted molar refractivity (Wildman–Crippen MR) is 320 cm³/mol. The topological polar surface area (TPSA) is 452 Å². The van der Waals surface area contributed by atoms with Crippen LogP contribution in [0.1, 0.15) is 19.3 Å². The van der Waals surface area contributed by atoms with Crippen LogP contribution in [0.4, 0.5) is 5.69 Å². The first-order valence-electron chi connectivity index (χ1n) is 28.0. The first-order valence-corrected chi connectivity index (χ1v) is 29.5. The second kappa shape index (κ2) is 44.8. The molecule has 0 bridgehead atoms. The number of carbonyl (C=O) groups excluding carboxylic acids is 2. The number of azide groups is 3. The molecule has 0 unspecified atom stereocenters. The summed E-state index contributed by atoms with van der Waals surface area (Å²) >= 11 is 0. The number of nitrogens with zero attached hydrogens (tertiary/aromatic N) is 17. The van der Waals surface area contributed by atoms with E-state index in [2.05, 4.69) is 35.4 Å². The molecule has 35 nitrogen and oxygen atoms in total. The summed E-state index contributed by atoms with van der Waals surface area (Å²) in [6.07, 6.45) is 0.933. The van der Waals surface area contributed by atoms with Gasteiger partial charge in [-0.1, -0.05) is 27.5 Å². The number of carbonyl (C=O) groups is 3. The minimum absolute atomic E-state index is 0.0177. The lowest BCUT2D eigenvalue weighted by molar-refractivity contribution is -0.387. The van der Waals surface area contributed by atoms with E-state index < -0.39 is 57.7 Å². The van der Waals surface area contributed by atoms with E-state index >= 15 is 0 Å². The minimum atomic E-state index is -4.43. The number of carboxylic acids is 1. The number of nitro groups is 1. The summed E-state index contributed by atoms with van der Waals surface area (Å²) in [5.41, 5.74) is 30.0. The van der Waals surface area contributed by atoms with Crippen molar-refractivity contribution in [3.8, 4) is 0 Å². The number of para-hydroxylation sites is 1. The Labute approximate surface area is 504 Å². The van der Waals surface area contributed by atoms with Crippen molar-refractivity contribution in [3.05, 3.63) is 65.7 Å². The number of nitrogens with one attached hydrogen (secondary N) is 1. The number of likely N-dealkylation sites (tertiary alicyclic amines) is 2. The Morgan fingerprint density at radius 1 is 0.674 bits per heavy atom. The smallest absolute Gasteiger partial charge is 0.376 e. The number of carboxylic acid groups (broad SMARTS) is 1. The number of sulfonamides is 1. The third-order valence-electron chi connectivity index (χ3n) is 13.7. The molecule has 3 saturated heterocycles. The molecule has 0 spiro atoms. The van der Waals surface area contributed by atoms with E-state index in [1.165, 1.54) is 12.1 Å². The fourth-order valence-electron chi connectivity index (χ4n) is 8.37. The summed E-state index contributed by atoms with van der Waals surface area (Å²) < 4.78 is 58.1. The van der Waals surface area contributed by atoms with Gasteiger partial charge in [-0.2, -0.15) is 4.31 Å². The average molecular weight is 1240 g/mol. The van der Waals surface area contributed by atoms with Crippen LogP contribution in [-0.2, 0) is 52.8 Å². The molecular formula is C48H91B2N19O16S. The quantitative estimate of drug-likeness (QED) is 0.0112. The molecule has 86 heavy (non-hydrogen) atoms. The van der Waals surface area contributed by atoms with Gasteiger partial charge in [-0.25, -0.2) is 8.42 Å². The van der Waals surface area contributed by atoms with Crippen LogP contribution < -0.4 is 11.1 Å². The van der Waals surface area contributed by atoms with Gasteiger partial charge in [0.2, 0.25) is 11.8 Å². The standard InChI is InChI=1S/C15H31BN6O4.C14H28N6O3.C11H11N5O6S.C8H21BN2O3/c1-16(24)22(4)6-8-26-10-9-25-7-5-20(2)15(23)14-11-13(18-19-17)12-21(14)3;1-16-4-6-22-8-9-23-7-5-19(2)14(21)13-10-12(17-18-15)11-20(13)3;12-14-13-7-5-9(11(17)18)15(6-7)23(21,22)10-4-2-1-3-8(10)16(19)20;1-9(12)11(2)4-6-14-8-7-13-5-3-10/h13-14,24H,5-12H2,1-4H3;12-13,16H,4-11H2,1-3H3;1-4,7,9H,5-6H2,(H,17,18);12H,3-8,10H2,1-2H3/t13-,14-;12-,13-;7-,9-;/m000./s1.